The van der Waals surface area contributed by atoms with E-state index in [1.54, 1.807) is 29.4 Å². The molecule has 0 spiro atoms. The van der Waals surface area contributed by atoms with E-state index in [0.29, 0.717) is 11.8 Å². The minimum atomic E-state index is -0.749. The maximum Gasteiger partial charge on any atom is 0.239 e. The number of hydrogen-bond acceptors (Lipinski definition) is 6. The Morgan fingerprint density at radius 1 is 1.19 bits per heavy atom. The molecule has 0 aliphatic carbocycles. The molecule has 2 aromatic heterocycles. The van der Waals surface area contributed by atoms with Gasteiger partial charge in [0.05, 0.1) is 23.3 Å². The Morgan fingerprint density at radius 3 is 2.75 bits per heavy atom. The smallest absolute Gasteiger partial charge is 0.239 e. The first-order valence-electron chi connectivity index (χ1n) is 10.8. The average molecular weight is 433 g/mol. The van der Waals surface area contributed by atoms with Gasteiger partial charge < -0.3 is 10.6 Å². The highest BCUT2D eigenvalue weighted by Gasteiger charge is 2.47. The van der Waals surface area contributed by atoms with Crippen molar-refractivity contribution in [3.8, 4) is 0 Å². The number of pyridine rings is 1. The van der Waals surface area contributed by atoms with Gasteiger partial charge in [0, 0.05) is 37.0 Å². The molecule has 1 atom stereocenters. The number of hydrogen-bond donors (Lipinski definition) is 2. The van der Waals surface area contributed by atoms with Gasteiger partial charge in [-0.1, -0.05) is 12.1 Å². The lowest BCUT2D eigenvalue weighted by molar-refractivity contribution is -0.122. The van der Waals surface area contributed by atoms with E-state index in [1.807, 2.05) is 20.8 Å². The minimum absolute atomic E-state index is 0.0581. The Bertz CT molecular complexity index is 1190. The molecule has 8 heteroatoms. The van der Waals surface area contributed by atoms with Crippen LogP contribution in [0, 0.1) is 5.82 Å². The highest BCUT2D eigenvalue weighted by atomic mass is 19.1. The second kappa shape index (κ2) is 7.63. The van der Waals surface area contributed by atoms with Crippen molar-refractivity contribution in [3.05, 3.63) is 70.9 Å². The predicted octanol–water partition coefficient (Wildman–Crippen LogP) is 3.79. The first-order valence-corrected chi connectivity index (χ1v) is 10.8. The van der Waals surface area contributed by atoms with E-state index in [2.05, 4.69) is 26.7 Å². The molecule has 0 bridgehead atoms. The zero-order valence-corrected chi connectivity index (χ0v) is 18.3. The second-order valence-corrected chi connectivity index (χ2v) is 8.84. The largest absolute Gasteiger partial charge is 0.323 e. The fraction of sp³-hybridized carbons (Fsp3) is 0.333. The van der Waals surface area contributed by atoms with Crippen molar-refractivity contribution in [2.24, 2.45) is 0 Å². The quantitative estimate of drug-likeness (QED) is 0.653. The van der Waals surface area contributed by atoms with Gasteiger partial charge in [-0.25, -0.2) is 9.37 Å². The van der Waals surface area contributed by atoms with Crippen LogP contribution in [-0.4, -0.2) is 27.4 Å². The van der Waals surface area contributed by atoms with E-state index in [1.165, 1.54) is 12.1 Å². The number of carbonyl (C=O) groups is 1. The van der Waals surface area contributed by atoms with Crippen molar-refractivity contribution in [1.82, 2.24) is 20.3 Å². The maximum atomic E-state index is 13.4. The van der Waals surface area contributed by atoms with Crippen LogP contribution in [-0.2, 0) is 23.2 Å². The van der Waals surface area contributed by atoms with E-state index in [0.717, 1.165) is 47.6 Å². The third kappa shape index (κ3) is 3.40. The summed E-state index contributed by atoms with van der Waals surface area (Å²) in [6.07, 6.45) is 4.42. The van der Waals surface area contributed by atoms with Crippen LogP contribution < -0.4 is 15.5 Å². The normalized spacial score (nSPS) is 17.6. The molecule has 0 fully saturated rings. The Balaban J connectivity index is 1.49. The number of nitrogens with one attached hydrogen (secondary N) is 2. The van der Waals surface area contributed by atoms with Crippen LogP contribution in [0.4, 0.5) is 21.8 Å². The molecule has 0 saturated heterocycles. The molecule has 0 radical (unpaired) electrons. The first kappa shape index (κ1) is 20.5. The van der Waals surface area contributed by atoms with Gasteiger partial charge in [0.2, 0.25) is 11.9 Å². The van der Waals surface area contributed by atoms with Crippen LogP contribution in [0.3, 0.4) is 0 Å². The first-order chi connectivity index (χ1) is 15.3. The van der Waals surface area contributed by atoms with Crippen molar-refractivity contribution in [3.63, 3.8) is 0 Å². The number of nitrogens with zero attached hydrogens (tertiary/aromatic N) is 4. The van der Waals surface area contributed by atoms with Crippen LogP contribution in [0.15, 0.2) is 42.7 Å². The molecule has 32 heavy (non-hydrogen) atoms. The molecular weight excluding hydrogens is 407 g/mol. The Labute approximate surface area is 186 Å². The number of fused-ring (bicyclic) bond motifs is 2. The molecule has 7 nitrogen and oxygen atoms in total. The van der Waals surface area contributed by atoms with Crippen LogP contribution in [0.1, 0.15) is 49.2 Å². The molecule has 1 aromatic carbocycles. The van der Waals surface area contributed by atoms with E-state index in [9.17, 15) is 9.18 Å². The van der Waals surface area contributed by atoms with Crippen molar-refractivity contribution < 1.29 is 9.18 Å². The number of carbonyl (C=O) groups excluding carboxylic acids is 1. The second-order valence-electron chi connectivity index (χ2n) is 8.84. The van der Waals surface area contributed by atoms with Gasteiger partial charge in [-0.2, -0.15) is 4.98 Å². The molecule has 164 valence electrons. The third-order valence-electron chi connectivity index (χ3n) is 6.33. The minimum Gasteiger partial charge on any atom is -0.323 e. The van der Waals surface area contributed by atoms with Crippen LogP contribution >= 0.6 is 0 Å². The average Bonchev–Trinajstić information content (AvgIpc) is 2.98. The fourth-order valence-electron chi connectivity index (χ4n) is 4.36. The number of rotatable bonds is 4. The molecular formula is C24H25FN6O. The fourth-order valence-corrected chi connectivity index (χ4v) is 4.36. The summed E-state index contributed by atoms with van der Waals surface area (Å²) in [6.45, 7) is 7.40. The lowest BCUT2D eigenvalue weighted by Gasteiger charge is -2.26. The number of aromatic nitrogens is 3. The molecule has 0 unspecified atom stereocenters. The summed E-state index contributed by atoms with van der Waals surface area (Å²) < 4.78 is 13.4. The Morgan fingerprint density at radius 2 is 1.97 bits per heavy atom. The SMILES string of the molecule is C[C@@H](c1ccc(F)cc1)N1C(=O)C(C)(C)c2cnc(Nc3cnc4c(c3)CNCC4)nc21. The molecule has 3 aromatic rings. The zero-order chi connectivity index (χ0) is 22.5. The van der Waals surface area contributed by atoms with Gasteiger partial charge in [-0.15, -0.1) is 0 Å². The summed E-state index contributed by atoms with van der Waals surface area (Å²) in [5.74, 6) is 0.604. The molecule has 5 rings (SSSR count). The lowest BCUT2D eigenvalue weighted by Crippen LogP contribution is -2.38. The van der Waals surface area contributed by atoms with Gasteiger partial charge in [0.1, 0.15) is 11.6 Å². The molecule has 2 aliphatic heterocycles. The number of anilines is 3. The van der Waals surface area contributed by atoms with Crippen LogP contribution in [0.5, 0.6) is 0 Å². The van der Waals surface area contributed by atoms with E-state index >= 15 is 0 Å². The maximum absolute atomic E-state index is 13.4. The molecule has 2 aliphatic rings. The van der Waals surface area contributed by atoms with Gasteiger partial charge in [-0.05, 0) is 50.1 Å². The summed E-state index contributed by atoms with van der Waals surface area (Å²) in [7, 11) is 0. The Hall–Kier alpha value is -3.39. The lowest BCUT2D eigenvalue weighted by atomic mass is 9.88. The number of benzene rings is 1. The van der Waals surface area contributed by atoms with E-state index in [-0.39, 0.29) is 17.8 Å². The monoisotopic (exact) mass is 432 g/mol. The standard InChI is InChI=1S/C24H25FN6O/c1-14(15-4-6-17(25)7-5-15)31-21-19(24(2,3)22(31)32)13-28-23(30-21)29-18-10-16-11-26-9-8-20(16)27-12-18/h4-7,10,12-14,26H,8-9,11H2,1-3H3,(H,28,29,30)/t14-/m0/s1. The molecule has 0 saturated carbocycles. The van der Waals surface area contributed by atoms with Crippen LogP contribution in [0.25, 0.3) is 0 Å². The van der Waals surface area contributed by atoms with Crippen molar-refractivity contribution in [1.29, 1.82) is 0 Å². The van der Waals surface area contributed by atoms with Crippen molar-refractivity contribution >= 4 is 23.4 Å². The molecule has 2 N–H and O–H groups in total. The summed E-state index contributed by atoms with van der Waals surface area (Å²) in [6, 6.07) is 7.96. The predicted molar refractivity (Wildman–Crippen MR) is 120 cm³/mol. The Kier molecular flexibility index (Phi) is 4.89. The van der Waals surface area contributed by atoms with E-state index in [4.69, 9.17) is 4.98 Å². The molecule has 4 heterocycles. The number of amides is 1. The van der Waals surface area contributed by atoms with Crippen molar-refractivity contribution in [2.75, 3.05) is 16.8 Å². The van der Waals surface area contributed by atoms with Gasteiger partial charge in [0.15, 0.2) is 0 Å². The molecule has 1 amide bonds. The number of halogens is 1. The summed E-state index contributed by atoms with van der Waals surface area (Å²) >= 11 is 0. The van der Waals surface area contributed by atoms with Gasteiger partial charge >= 0.3 is 0 Å². The zero-order valence-electron chi connectivity index (χ0n) is 18.3. The third-order valence-corrected chi connectivity index (χ3v) is 6.33. The summed E-state index contributed by atoms with van der Waals surface area (Å²) in [4.78, 5) is 28.8. The summed E-state index contributed by atoms with van der Waals surface area (Å²) in [5.41, 5.74) is 3.93. The topological polar surface area (TPSA) is 83.0 Å². The highest BCUT2D eigenvalue weighted by molar-refractivity contribution is 6.07. The highest BCUT2D eigenvalue weighted by Crippen LogP contribution is 2.44. The van der Waals surface area contributed by atoms with Gasteiger partial charge in [-0.3, -0.25) is 14.7 Å². The summed E-state index contributed by atoms with van der Waals surface area (Å²) in [5, 5.41) is 6.58. The van der Waals surface area contributed by atoms with Crippen molar-refractivity contribution in [2.45, 2.75) is 45.2 Å². The van der Waals surface area contributed by atoms with Crippen LogP contribution in [0.2, 0.25) is 0 Å². The van der Waals surface area contributed by atoms with Gasteiger partial charge in [0.25, 0.3) is 0 Å². The van der Waals surface area contributed by atoms with E-state index < -0.39 is 5.41 Å².